The van der Waals surface area contributed by atoms with Crippen LogP contribution in [-0.2, 0) is 16.1 Å². The molecule has 210 valence electrons. The van der Waals surface area contributed by atoms with Crippen LogP contribution in [0.25, 0.3) is 22.0 Å². The molecule has 0 spiro atoms. The summed E-state index contributed by atoms with van der Waals surface area (Å²) >= 11 is 3.44. The highest BCUT2D eigenvalue weighted by Crippen LogP contribution is 2.59. The fourth-order valence-corrected chi connectivity index (χ4v) is 6.20. The molecule has 3 atom stereocenters. The lowest BCUT2D eigenvalue weighted by molar-refractivity contribution is -0.138. The molecular formula is C30H30BrN7O3. The lowest BCUT2D eigenvalue weighted by atomic mass is 10.0. The molecule has 1 aliphatic heterocycles. The molecule has 1 saturated heterocycles. The monoisotopic (exact) mass is 615 g/mol. The largest absolute Gasteiger partial charge is 0.325 e. The Kier molecular flexibility index (Phi) is 6.52. The van der Waals surface area contributed by atoms with Crippen molar-refractivity contribution >= 4 is 50.2 Å². The van der Waals surface area contributed by atoms with Crippen LogP contribution in [0.15, 0.2) is 41.3 Å². The van der Waals surface area contributed by atoms with Crippen molar-refractivity contribution in [3.8, 4) is 11.1 Å². The van der Waals surface area contributed by atoms with Gasteiger partial charge in [-0.15, -0.1) is 0 Å². The summed E-state index contributed by atoms with van der Waals surface area (Å²) in [5, 5.41) is 8.15. The molecule has 3 aromatic heterocycles. The predicted molar refractivity (Wildman–Crippen MR) is 157 cm³/mol. The number of piperidine rings is 1. The highest BCUT2D eigenvalue weighted by Gasteiger charge is 2.64. The first kappa shape index (κ1) is 27.2. The van der Waals surface area contributed by atoms with E-state index in [4.69, 9.17) is 0 Å². The Morgan fingerprint density at radius 2 is 1.78 bits per heavy atom. The Morgan fingerprint density at radius 1 is 1.05 bits per heavy atom. The summed E-state index contributed by atoms with van der Waals surface area (Å²) in [7, 11) is 0. The number of Topliss-reactive ketones (excluding diaryl/α,β-unsaturated/α-hetero) is 1. The van der Waals surface area contributed by atoms with Gasteiger partial charge in [-0.05, 0) is 83.8 Å². The molecule has 1 saturated carbocycles. The zero-order valence-electron chi connectivity index (χ0n) is 23.5. The number of carbonyl (C=O) groups excluding carboxylic acids is 3. The van der Waals surface area contributed by atoms with Gasteiger partial charge in [-0.3, -0.25) is 19.1 Å². The van der Waals surface area contributed by atoms with E-state index in [1.54, 1.807) is 22.0 Å². The van der Waals surface area contributed by atoms with E-state index in [0.29, 0.717) is 39.3 Å². The number of aromatic nitrogens is 5. The Bertz CT molecular complexity index is 1750. The van der Waals surface area contributed by atoms with Crippen molar-refractivity contribution in [3.05, 3.63) is 63.9 Å². The first-order valence-electron chi connectivity index (χ1n) is 13.5. The average Bonchev–Trinajstić information content (AvgIpc) is 3.29. The smallest absolute Gasteiger partial charge is 0.248 e. The van der Waals surface area contributed by atoms with Gasteiger partial charge in [0.25, 0.3) is 0 Å². The Labute approximate surface area is 245 Å². The number of anilines is 1. The average molecular weight is 617 g/mol. The molecule has 4 aromatic rings. The normalized spacial score (nSPS) is 21.2. The molecule has 6 rings (SSSR count). The summed E-state index contributed by atoms with van der Waals surface area (Å²) in [5.41, 5.74) is 4.37. The highest BCUT2D eigenvalue weighted by atomic mass is 79.9. The molecule has 1 aliphatic carbocycles. The van der Waals surface area contributed by atoms with Gasteiger partial charge in [-0.1, -0.05) is 19.1 Å². The van der Waals surface area contributed by atoms with Gasteiger partial charge in [0, 0.05) is 36.3 Å². The number of hydrogen-bond acceptors (Lipinski definition) is 7. The van der Waals surface area contributed by atoms with Crippen LogP contribution >= 0.6 is 15.9 Å². The third-order valence-corrected chi connectivity index (χ3v) is 9.10. The number of likely N-dealkylation sites (tertiary alicyclic amines) is 1. The fraction of sp³-hybridized carbons (Fsp3) is 0.367. The number of nitrogens with one attached hydrogen (secondary N) is 1. The van der Waals surface area contributed by atoms with Crippen LogP contribution in [0, 0.1) is 26.2 Å². The minimum Gasteiger partial charge on any atom is -0.325 e. The van der Waals surface area contributed by atoms with Gasteiger partial charge in [0.15, 0.2) is 5.78 Å². The Morgan fingerprint density at radius 3 is 2.49 bits per heavy atom. The zero-order chi connectivity index (χ0) is 29.2. The van der Waals surface area contributed by atoms with E-state index in [-0.39, 0.29) is 35.6 Å². The van der Waals surface area contributed by atoms with E-state index in [0.717, 1.165) is 28.7 Å². The molecule has 10 nitrogen and oxygen atoms in total. The van der Waals surface area contributed by atoms with Gasteiger partial charge in [0.05, 0.1) is 5.52 Å². The molecule has 1 N–H and O–H groups in total. The van der Waals surface area contributed by atoms with Crippen molar-refractivity contribution in [2.75, 3.05) is 5.32 Å². The highest BCUT2D eigenvalue weighted by molar-refractivity contribution is 9.10. The topological polar surface area (TPSA) is 123 Å². The first-order chi connectivity index (χ1) is 19.4. The summed E-state index contributed by atoms with van der Waals surface area (Å²) in [6.45, 7) is 9.15. The summed E-state index contributed by atoms with van der Waals surface area (Å²) < 4.78 is 2.23. The lowest BCUT2D eigenvalue weighted by Gasteiger charge is -2.27. The van der Waals surface area contributed by atoms with E-state index in [9.17, 15) is 14.4 Å². The van der Waals surface area contributed by atoms with Crippen molar-refractivity contribution in [1.82, 2.24) is 29.6 Å². The second-order valence-corrected chi connectivity index (χ2v) is 12.2. The molecule has 4 heterocycles. The van der Waals surface area contributed by atoms with Crippen molar-refractivity contribution < 1.29 is 14.4 Å². The number of halogens is 1. The van der Waals surface area contributed by atoms with Crippen molar-refractivity contribution in [2.45, 2.75) is 66.1 Å². The predicted octanol–water partition coefficient (Wildman–Crippen LogP) is 4.80. The summed E-state index contributed by atoms with van der Waals surface area (Å²) in [5.74, 6) is 0.493. The number of aryl methyl sites for hydroxylation is 3. The Balaban J connectivity index is 1.28. The maximum Gasteiger partial charge on any atom is 0.248 e. The second kappa shape index (κ2) is 9.83. The number of carbonyl (C=O) groups is 3. The fourth-order valence-electron chi connectivity index (χ4n) is 5.90. The van der Waals surface area contributed by atoms with Crippen molar-refractivity contribution in [3.63, 3.8) is 0 Å². The molecule has 1 aromatic carbocycles. The molecule has 0 radical (unpaired) electrons. The maximum absolute atomic E-state index is 13.8. The molecule has 0 unspecified atom stereocenters. The summed E-state index contributed by atoms with van der Waals surface area (Å²) in [4.78, 5) is 54.6. The summed E-state index contributed by atoms with van der Waals surface area (Å²) in [6.07, 6.45) is 4.92. The molecule has 2 aliphatic rings. The third-order valence-electron chi connectivity index (χ3n) is 8.29. The molecule has 41 heavy (non-hydrogen) atoms. The first-order valence-corrected chi connectivity index (χ1v) is 14.3. The zero-order valence-corrected chi connectivity index (χ0v) is 25.1. The number of pyridine rings is 1. The molecule has 2 amide bonds. The third kappa shape index (κ3) is 4.81. The van der Waals surface area contributed by atoms with Gasteiger partial charge in [0.1, 0.15) is 34.5 Å². The lowest BCUT2D eigenvalue weighted by Crippen LogP contribution is -2.47. The van der Waals surface area contributed by atoms with Gasteiger partial charge < -0.3 is 10.2 Å². The van der Waals surface area contributed by atoms with Crippen molar-refractivity contribution in [1.29, 1.82) is 0 Å². The van der Waals surface area contributed by atoms with Crippen LogP contribution in [0.3, 0.4) is 0 Å². The van der Waals surface area contributed by atoms with Crippen LogP contribution in [0.4, 0.5) is 5.82 Å². The van der Waals surface area contributed by atoms with Crippen LogP contribution < -0.4 is 5.32 Å². The number of benzene rings is 1. The van der Waals surface area contributed by atoms with Crippen LogP contribution in [0.2, 0.25) is 0 Å². The number of amides is 2. The van der Waals surface area contributed by atoms with Crippen LogP contribution in [-0.4, -0.2) is 59.3 Å². The summed E-state index contributed by atoms with van der Waals surface area (Å²) in [6, 6.07) is 6.97. The minimum absolute atomic E-state index is 0.00759. The van der Waals surface area contributed by atoms with E-state index in [1.807, 2.05) is 45.0 Å². The van der Waals surface area contributed by atoms with Crippen molar-refractivity contribution in [2.24, 2.45) is 5.41 Å². The van der Waals surface area contributed by atoms with Crippen LogP contribution in [0.5, 0.6) is 0 Å². The number of nitrogens with zero attached hydrogens (tertiary/aromatic N) is 6. The van der Waals surface area contributed by atoms with E-state index >= 15 is 0 Å². The molecule has 0 bridgehead atoms. The Hall–Kier alpha value is -3.99. The standard InChI is InChI=1S/C30H30BrN7O3/c1-15-8-16(2)28(34-27(15)31)35-29(41)23-10-30(5)11-24(30)38(23)25(40)14-37-22-7-6-19(20-12-32-18(4)33-13-20)9-21(22)26(36-37)17(3)39/h6-9,12-13,23-24H,10-11,14H2,1-5H3,(H,34,35,41)/t23-,24+,30-/m0/s1. The number of fused-ring (bicyclic) bond motifs is 2. The van der Waals surface area contributed by atoms with Gasteiger partial charge >= 0.3 is 0 Å². The van der Waals surface area contributed by atoms with E-state index < -0.39 is 6.04 Å². The number of rotatable bonds is 6. The SMILES string of the molecule is CC(=O)c1nn(CC(=O)N2[C@H](C(=O)Nc3nc(Br)c(C)cc3C)C[C@@]3(C)C[C@@H]23)c2ccc(-c3cnc(C)nc3)cc12. The number of hydrogen-bond donors (Lipinski definition) is 1. The maximum atomic E-state index is 13.8. The van der Waals surface area contributed by atoms with Gasteiger partial charge in [-0.25, -0.2) is 15.0 Å². The van der Waals surface area contributed by atoms with Crippen LogP contribution in [0.1, 0.15) is 54.1 Å². The minimum atomic E-state index is -0.616. The second-order valence-electron chi connectivity index (χ2n) is 11.5. The molecule has 2 fully saturated rings. The molecule has 11 heteroatoms. The van der Waals surface area contributed by atoms with E-state index in [1.165, 1.54) is 6.92 Å². The quantitative estimate of drug-likeness (QED) is 0.244. The van der Waals surface area contributed by atoms with Gasteiger partial charge in [0.2, 0.25) is 11.8 Å². The molecular weight excluding hydrogens is 586 g/mol. The number of ketones is 1. The van der Waals surface area contributed by atoms with E-state index in [2.05, 4.69) is 48.2 Å². The van der Waals surface area contributed by atoms with Gasteiger partial charge in [-0.2, -0.15) is 5.10 Å².